The Hall–Kier alpha value is -1.52. The maximum absolute atomic E-state index is 6.06. The van der Waals surface area contributed by atoms with Crippen LogP contribution in [0.4, 0.5) is 0 Å². The lowest BCUT2D eigenvalue weighted by atomic mass is 10.2. The van der Waals surface area contributed by atoms with Gasteiger partial charge in [0.15, 0.2) is 0 Å². The average Bonchev–Trinajstić information content (AvgIpc) is 2.87. The summed E-state index contributed by atoms with van der Waals surface area (Å²) in [6, 6.07) is 5.73. The third kappa shape index (κ3) is 3.72. The summed E-state index contributed by atoms with van der Waals surface area (Å²) in [4.78, 5) is 4.19. The molecule has 0 saturated carbocycles. The summed E-state index contributed by atoms with van der Waals surface area (Å²) in [6.07, 6.45) is 2.63. The molecule has 1 N–H and O–H groups in total. The highest BCUT2D eigenvalue weighted by Crippen LogP contribution is 2.24. The molecule has 0 amide bonds. The lowest BCUT2D eigenvalue weighted by molar-refractivity contribution is 0.414. The number of aryl methyl sites for hydroxylation is 1. The molecule has 0 aliphatic heterocycles. The van der Waals surface area contributed by atoms with E-state index in [4.69, 9.17) is 20.8 Å². The van der Waals surface area contributed by atoms with E-state index in [1.165, 1.54) is 0 Å². The highest BCUT2D eigenvalue weighted by atomic mass is 35.5. The van der Waals surface area contributed by atoms with Crippen molar-refractivity contribution in [3.63, 3.8) is 0 Å². The Bertz CT molecular complexity index is 540. The second kappa shape index (κ2) is 6.59. The number of halogens is 1. The molecule has 0 spiro atoms. The monoisotopic (exact) mass is 280 g/mol. The van der Waals surface area contributed by atoms with Gasteiger partial charge in [-0.3, -0.25) is 0 Å². The molecule has 0 aliphatic rings. The fourth-order valence-electron chi connectivity index (χ4n) is 1.73. The van der Waals surface area contributed by atoms with Crippen LogP contribution in [0.3, 0.4) is 0 Å². The van der Waals surface area contributed by atoms with Crippen LogP contribution in [-0.4, -0.2) is 12.1 Å². The van der Waals surface area contributed by atoms with E-state index in [0.717, 1.165) is 17.7 Å². The van der Waals surface area contributed by atoms with Gasteiger partial charge in [0.1, 0.15) is 11.5 Å². The molecule has 5 heteroatoms. The second-order valence-corrected chi connectivity index (χ2v) is 4.55. The van der Waals surface area contributed by atoms with Crippen molar-refractivity contribution in [3.05, 3.63) is 46.6 Å². The summed E-state index contributed by atoms with van der Waals surface area (Å²) in [6.45, 7) is 3.34. The van der Waals surface area contributed by atoms with Gasteiger partial charge in [-0.25, -0.2) is 4.98 Å². The van der Waals surface area contributed by atoms with Crippen molar-refractivity contribution in [3.8, 4) is 5.75 Å². The number of methoxy groups -OCH3 is 1. The first kappa shape index (κ1) is 13.9. The van der Waals surface area contributed by atoms with Crippen molar-refractivity contribution in [1.82, 2.24) is 10.3 Å². The SMILES string of the molecule is CCc1cnc(CNCc2ccc(OC)c(Cl)c2)o1. The van der Waals surface area contributed by atoms with Gasteiger partial charge in [0.05, 0.1) is 24.9 Å². The fraction of sp³-hybridized carbons (Fsp3) is 0.357. The molecule has 1 aromatic carbocycles. The van der Waals surface area contributed by atoms with Crippen molar-refractivity contribution >= 4 is 11.6 Å². The number of ether oxygens (including phenoxy) is 1. The van der Waals surface area contributed by atoms with E-state index in [-0.39, 0.29) is 0 Å². The van der Waals surface area contributed by atoms with E-state index in [9.17, 15) is 0 Å². The summed E-state index contributed by atoms with van der Waals surface area (Å²) in [7, 11) is 1.60. The molecule has 2 aromatic rings. The van der Waals surface area contributed by atoms with Gasteiger partial charge in [-0.05, 0) is 17.7 Å². The predicted molar refractivity (Wildman–Crippen MR) is 74.4 cm³/mol. The summed E-state index contributed by atoms with van der Waals surface area (Å²) >= 11 is 6.06. The van der Waals surface area contributed by atoms with Gasteiger partial charge in [0, 0.05) is 13.0 Å². The van der Waals surface area contributed by atoms with E-state index < -0.39 is 0 Å². The van der Waals surface area contributed by atoms with Crippen molar-refractivity contribution in [2.75, 3.05) is 7.11 Å². The molecular formula is C14H17ClN2O2. The molecule has 102 valence electrons. The van der Waals surface area contributed by atoms with Gasteiger partial charge >= 0.3 is 0 Å². The molecule has 0 radical (unpaired) electrons. The van der Waals surface area contributed by atoms with Gasteiger partial charge in [0.25, 0.3) is 0 Å². The number of hydrogen-bond donors (Lipinski definition) is 1. The lowest BCUT2D eigenvalue weighted by Gasteiger charge is -2.06. The minimum Gasteiger partial charge on any atom is -0.495 e. The molecule has 2 rings (SSSR count). The van der Waals surface area contributed by atoms with Crippen molar-refractivity contribution in [1.29, 1.82) is 0 Å². The quantitative estimate of drug-likeness (QED) is 0.883. The van der Waals surface area contributed by atoms with Crippen LogP contribution in [0.25, 0.3) is 0 Å². The van der Waals surface area contributed by atoms with Crippen LogP contribution in [0.1, 0.15) is 24.1 Å². The zero-order chi connectivity index (χ0) is 13.7. The number of aromatic nitrogens is 1. The first-order valence-corrected chi connectivity index (χ1v) is 6.57. The van der Waals surface area contributed by atoms with Crippen LogP contribution in [0.15, 0.2) is 28.8 Å². The Kier molecular flexibility index (Phi) is 4.82. The molecule has 0 unspecified atom stereocenters. The smallest absolute Gasteiger partial charge is 0.208 e. The zero-order valence-corrected chi connectivity index (χ0v) is 11.8. The molecule has 0 aliphatic carbocycles. The maximum Gasteiger partial charge on any atom is 0.208 e. The fourth-order valence-corrected chi connectivity index (χ4v) is 2.01. The van der Waals surface area contributed by atoms with Gasteiger partial charge in [0.2, 0.25) is 5.89 Å². The summed E-state index contributed by atoms with van der Waals surface area (Å²) in [5, 5.41) is 3.88. The van der Waals surface area contributed by atoms with E-state index in [1.807, 2.05) is 25.1 Å². The highest BCUT2D eigenvalue weighted by Gasteiger charge is 2.04. The first-order valence-electron chi connectivity index (χ1n) is 6.19. The van der Waals surface area contributed by atoms with Crippen molar-refractivity contribution in [2.45, 2.75) is 26.4 Å². The Morgan fingerprint density at radius 3 is 2.84 bits per heavy atom. The lowest BCUT2D eigenvalue weighted by Crippen LogP contribution is -2.12. The predicted octanol–water partition coefficient (Wildman–Crippen LogP) is 3.19. The average molecular weight is 281 g/mol. The summed E-state index contributed by atoms with van der Waals surface area (Å²) < 4.78 is 10.6. The molecule has 0 atom stereocenters. The largest absolute Gasteiger partial charge is 0.495 e. The first-order chi connectivity index (χ1) is 9.22. The zero-order valence-electron chi connectivity index (χ0n) is 11.1. The molecule has 0 bridgehead atoms. The number of nitrogens with zero attached hydrogens (tertiary/aromatic N) is 1. The number of nitrogens with one attached hydrogen (secondary N) is 1. The maximum atomic E-state index is 6.06. The second-order valence-electron chi connectivity index (χ2n) is 4.15. The van der Waals surface area contributed by atoms with E-state index in [2.05, 4.69) is 10.3 Å². The van der Waals surface area contributed by atoms with Crippen molar-refractivity contribution in [2.24, 2.45) is 0 Å². The van der Waals surface area contributed by atoms with Gasteiger partial charge in [-0.15, -0.1) is 0 Å². The Morgan fingerprint density at radius 2 is 2.21 bits per heavy atom. The number of oxazole rings is 1. The Labute approximate surface area is 117 Å². The van der Waals surface area contributed by atoms with E-state index >= 15 is 0 Å². The normalized spacial score (nSPS) is 10.7. The van der Waals surface area contributed by atoms with Crippen LogP contribution in [0, 0.1) is 0 Å². The Morgan fingerprint density at radius 1 is 1.37 bits per heavy atom. The minimum atomic E-state index is 0.601. The third-order valence-corrected chi connectivity index (χ3v) is 3.07. The molecule has 4 nitrogen and oxygen atoms in total. The van der Waals surface area contributed by atoms with Crippen molar-refractivity contribution < 1.29 is 9.15 Å². The third-order valence-electron chi connectivity index (χ3n) is 2.77. The standard InChI is InChI=1S/C14H17ClN2O2/c1-3-11-8-17-14(19-11)9-16-7-10-4-5-13(18-2)12(15)6-10/h4-6,8,16H,3,7,9H2,1-2H3. The number of hydrogen-bond acceptors (Lipinski definition) is 4. The molecule has 19 heavy (non-hydrogen) atoms. The molecule has 1 heterocycles. The van der Waals surface area contributed by atoms with Crippen LogP contribution < -0.4 is 10.1 Å². The van der Waals surface area contributed by atoms with Crippen LogP contribution >= 0.6 is 11.6 Å². The summed E-state index contributed by atoms with van der Waals surface area (Å²) in [5.41, 5.74) is 1.09. The topological polar surface area (TPSA) is 47.3 Å². The van der Waals surface area contributed by atoms with Gasteiger partial charge in [-0.2, -0.15) is 0 Å². The van der Waals surface area contributed by atoms with E-state index in [1.54, 1.807) is 13.3 Å². The number of rotatable bonds is 6. The van der Waals surface area contributed by atoms with Crippen LogP contribution in [-0.2, 0) is 19.5 Å². The minimum absolute atomic E-state index is 0.601. The molecule has 0 saturated heterocycles. The molecular weight excluding hydrogens is 264 g/mol. The summed E-state index contributed by atoms with van der Waals surface area (Å²) in [5.74, 6) is 2.30. The van der Waals surface area contributed by atoms with Crippen LogP contribution in [0.2, 0.25) is 5.02 Å². The highest BCUT2D eigenvalue weighted by molar-refractivity contribution is 6.32. The van der Waals surface area contributed by atoms with E-state index in [0.29, 0.717) is 29.8 Å². The Balaban J connectivity index is 1.87. The molecule has 0 fully saturated rings. The van der Waals surface area contributed by atoms with Gasteiger partial charge < -0.3 is 14.5 Å². The molecule has 1 aromatic heterocycles. The van der Waals surface area contributed by atoms with Crippen LogP contribution in [0.5, 0.6) is 5.75 Å². The van der Waals surface area contributed by atoms with Gasteiger partial charge in [-0.1, -0.05) is 24.6 Å². The number of benzene rings is 1.